The number of unbranched alkanes of at least 4 members (excludes halogenated alkanes) is 1. The molecule has 1 fully saturated rings. The first-order valence-corrected chi connectivity index (χ1v) is 7.91. The van der Waals surface area contributed by atoms with Crippen LogP contribution in [0.1, 0.15) is 19.8 Å². The van der Waals surface area contributed by atoms with Gasteiger partial charge in [0.15, 0.2) is 0 Å². The maximum atomic E-state index is 12.2. The molecule has 1 heterocycles. The second-order valence-electron chi connectivity index (χ2n) is 5.25. The van der Waals surface area contributed by atoms with Crippen LogP contribution in [0.4, 0.5) is 5.69 Å². The van der Waals surface area contributed by atoms with Crippen LogP contribution in [0.15, 0.2) is 24.3 Å². The summed E-state index contributed by atoms with van der Waals surface area (Å²) in [6.45, 7) is 3.76. The van der Waals surface area contributed by atoms with Crippen molar-refractivity contribution >= 4 is 29.1 Å². The minimum absolute atomic E-state index is 0.0461. The predicted octanol–water partition coefficient (Wildman–Crippen LogP) is 2.33. The number of amides is 2. The summed E-state index contributed by atoms with van der Waals surface area (Å²) in [6.07, 6.45) is 1.97. The first-order chi connectivity index (χ1) is 10.6. The van der Waals surface area contributed by atoms with E-state index in [9.17, 15) is 9.59 Å². The van der Waals surface area contributed by atoms with Crippen molar-refractivity contribution in [2.45, 2.75) is 19.8 Å². The molecule has 120 valence electrons. The number of rotatable bonds is 6. The molecule has 0 spiro atoms. The summed E-state index contributed by atoms with van der Waals surface area (Å²) in [5.41, 5.74) is 0.767. The monoisotopic (exact) mass is 324 g/mol. The number of ether oxygens (including phenoxy) is 1. The Morgan fingerprint density at radius 2 is 2.18 bits per heavy atom. The molecule has 0 bridgehead atoms. The van der Waals surface area contributed by atoms with Gasteiger partial charge in [-0.1, -0.05) is 31.0 Å². The smallest absolute Gasteiger partial charge is 0.249 e. The summed E-state index contributed by atoms with van der Waals surface area (Å²) in [5, 5.41) is 0.591. The predicted molar refractivity (Wildman–Crippen MR) is 86.1 cm³/mol. The van der Waals surface area contributed by atoms with E-state index in [4.69, 9.17) is 16.3 Å². The second kappa shape index (κ2) is 8.15. The van der Waals surface area contributed by atoms with Crippen LogP contribution in [-0.2, 0) is 14.3 Å². The lowest BCUT2D eigenvalue weighted by Gasteiger charge is -2.34. The minimum atomic E-state index is -0.129. The van der Waals surface area contributed by atoms with Crippen LogP contribution in [0, 0.1) is 0 Å². The van der Waals surface area contributed by atoms with Gasteiger partial charge in [-0.2, -0.15) is 0 Å². The Balaban J connectivity index is 1.87. The lowest BCUT2D eigenvalue weighted by Crippen LogP contribution is -2.53. The van der Waals surface area contributed by atoms with Gasteiger partial charge < -0.3 is 14.5 Å². The van der Waals surface area contributed by atoms with E-state index in [-0.39, 0.29) is 25.0 Å². The summed E-state index contributed by atoms with van der Waals surface area (Å²) in [4.78, 5) is 27.5. The fraction of sp³-hybridized carbons (Fsp3) is 0.500. The van der Waals surface area contributed by atoms with E-state index in [0.717, 1.165) is 18.5 Å². The standard InChI is InChI=1S/C16H21ClN2O3/c1-2-3-9-22-12-16(21)18-7-8-19(15(20)11-18)14-6-4-5-13(17)10-14/h4-6,10H,2-3,7-9,11-12H2,1H3. The van der Waals surface area contributed by atoms with Gasteiger partial charge in [-0.3, -0.25) is 9.59 Å². The van der Waals surface area contributed by atoms with Gasteiger partial charge in [0.1, 0.15) is 13.2 Å². The molecule has 1 aliphatic heterocycles. The molecule has 0 N–H and O–H groups in total. The highest BCUT2D eigenvalue weighted by Gasteiger charge is 2.27. The first-order valence-electron chi connectivity index (χ1n) is 7.53. The van der Waals surface area contributed by atoms with Gasteiger partial charge in [0.25, 0.3) is 0 Å². The van der Waals surface area contributed by atoms with Crippen LogP contribution in [0.2, 0.25) is 5.02 Å². The third kappa shape index (κ3) is 4.45. The number of hydrogen-bond acceptors (Lipinski definition) is 3. The zero-order valence-corrected chi connectivity index (χ0v) is 13.5. The Morgan fingerprint density at radius 1 is 1.36 bits per heavy atom. The third-order valence-corrected chi connectivity index (χ3v) is 3.80. The second-order valence-corrected chi connectivity index (χ2v) is 5.68. The molecule has 2 rings (SSSR count). The van der Waals surface area contributed by atoms with Gasteiger partial charge in [-0.15, -0.1) is 0 Å². The van der Waals surface area contributed by atoms with Gasteiger partial charge >= 0.3 is 0 Å². The quantitative estimate of drug-likeness (QED) is 0.755. The molecule has 0 aromatic heterocycles. The zero-order chi connectivity index (χ0) is 15.9. The number of hydrogen-bond donors (Lipinski definition) is 0. The molecular weight excluding hydrogens is 304 g/mol. The summed E-state index contributed by atoms with van der Waals surface area (Å²) in [7, 11) is 0. The summed E-state index contributed by atoms with van der Waals surface area (Å²) >= 11 is 5.95. The van der Waals surface area contributed by atoms with E-state index in [2.05, 4.69) is 6.92 Å². The van der Waals surface area contributed by atoms with Crippen LogP contribution in [0.5, 0.6) is 0 Å². The van der Waals surface area contributed by atoms with E-state index < -0.39 is 0 Å². The van der Waals surface area contributed by atoms with Gasteiger partial charge in [-0.25, -0.2) is 0 Å². The highest BCUT2D eigenvalue weighted by Crippen LogP contribution is 2.21. The molecule has 1 aliphatic rings. The van der Waals surface area contributed by atoms with Crippen LogP contribution >= 0.6 is 11.6 Å². The average Bonchev–Trinajstić information content (AvgIpc) is 2.51. The highest BCUT2D eigenvalue weighted by molar-refractivity contribution is 6.30. The molecule has 0 atom stereocenters. The number of benzene rings is 1. The van der Waals surface area contributed by atoms with Crippen molar-refractivity contribution in [1.29, 1.82) is 0 Å². The Hall–Kier alpha value is -1.59. The van der Waals surface area contributed by atoms with Crippen LogP contribution < -0.4 is 4.90 Å². The molecule has 1 aromatic carbocycles. The zero-order valence-electron chi connectivity index (χ0n) is 12.8. The average molecular weight is 325 g/mol. The Labute approximate surface area is 135 Å². The van der Waals surface area contributed by atoms with Crippen molar-refractivity contribution < 1.29 is 14.3 Å². The molecule has 6 heteroatoms. The molecule has 0 saturated carbocycles. The number of anilines is 1. The molecule has 1 aromatic rings. The van der Waals surface area contributed by atoms with Crippen molar-refractivity contribution in [3.05, 3.63) is 29.3 Å². The number of nitrogens with zero attached hydrogens (tertiary/aromatic N) is 2. The summed E-state index contributed by atoms with van der Waals surface area (Å²) < 4.78 is 5.32. The van der Waals surface area contributed by atoms with E-state index in [1.54, 1.807) is 21.9 Å². The normalized spacial score (nSPS) is 15.3. The molecule has 2 amide bonds. The lowest BCUT2D eigenvalue weighted by molar-refractivity contribution is -0.140. The molecule has 22 heavy (non-hydrogen) atoms. The van der Waals surface area contributed by atoms with Gasteiger partial charge in [0.2, 0.25) is 11.8 Å². The number of piperazine rings is 1. The first kappa shape index (κ1) is 16.8. The van der Waals surface area contributed by atoms with E-state index in [1.807, 2.05) is 12.1 Å². The van der Waals surface area contributed by atoms with Crippen molar-refractivity contribution in [3.8, 4) is 0 Å². The van der Waals surface area contributed by atoms with Gasteiger partial charge in [-0.05, 0) is 24.6 Å². The highest BCUT2D eigenvalue weighted by atomic mass is 35.5. The largest absolute Gasteiger partial charge is 0.372 e. The summed E-state index contributed by atoms with van der Waals surface area (Å²) in [5.74, 6) is -0.231. The molecule has 0 unspecified atom stereocenters. The number of carbonyl (C=O) groups is 2. The van der Waals surface area contributed by atoms with Crippen molar-refractivity contribution in [2.24, 2.45) is 0 Å². The molecule has 0 radical (unpaired) electrons. The molecular formula is C16H21ClN2O3. The van der Waals surface area contributed by atoms with Crippen LogP contribution in [0.25, 0.3) is 0 Å². The van der Waals surface area contributed by atoms with E-state index >= 15 is 0 Å². The van der Waals surface area contributed by atoms with E-state index in [0.29, 0.717) is 24.7 Å². The molecule has 5 nitrogen and oxygen atoms in total. The SMILES string of the molecule is CCCCOCC(=O)N1CCN(c2cccc(Cl)c2)C(=O)C1. The Kier molecular flexibility index (Phi) is 6.21. The van der Waals surface area contributed by atoms with Crippen LogP contribution in [0.3, 0.4) is 0 Å². The minimum Gasteiger partial charge on any atom is -0.372 e. The topological polar surface area (TPSA) is 49.9 Å². The Bertz CT molecular complexity index is 536. The number of halogens is 1. The third-order valence-electron chi connectivity index (χ3n) is 3.56. The van der Waals surface area contributed by atoms with Crippen molar-refractivity contribution in [1.82, 2.24) is 4.90 Å². The molecule has 0 aliphatic carbocycles. The van der Waals surface area contributed by atoms with Crippen molar-refractivity contribution in [3.63, 3.8) is 0 Å². The van der Waals surface area contributed by atoms with Crippen LogP contribution in [-0.4, -0.2) is 49.6 Å². The lowest BCUT2D eigenvalue weighted by atomic mass is 10.2. The maximum absolute atomic E-state index is 12.2. The van der Waals surface area contributed by atoms with Gasteiger partial charge in [0.05, 0.1) is 0 Å². The van der Waals surface area contributed by atoms with E-state index in [1.165, 1.54) is 0 Å². The summed E-state index contributed by atoms with van der Waals surface area (Å²) in [6, 6.07) is 7.17. The van der Waals surface area contributed by atoms with Crippen molar-refractivity contribution in [2.75, 3.05) is 37.7 Å². The molecule has 1 saturated heterocycles. The maximum Gasteiger partial charge on any atom is 0.249 e. The Morgan fingerprint density at radius 3 is 2.86 bits per heavy atom. The fourth-order valence-electron chi connectivity index (χ4n) is 2.30. The fourth-order valence-corrected chi connectivity index (χ4v) is 2.48. The number of carbonyl (C=O) groups excluding carboxylic acids is 2. The van der Waals surface area contributed by atoms with Gasteiger partial charge in [0, 0.05) is 30.4 Å².